The Balaban J connectivity index is 1.35. The summed E-state index contributed by atoms with van der Waals surface area (Å²) in [5.41, 5.74) is 2.52. The standard InChI is InChI=1S/C20H25N3O/c1-22(14-18-10-6-12-21-13-18)19-15-23(16-19)20(24)11-5-9-17-7-3-2-4-8-17/h2-4,6-8,10,12-13,19H,5,9,11,14-16H2,1H3. The minimum absolute atomic E-state index is 0.289. The van der Waals surface area contributed by atoms with Crippen molar-refractivity contribution >= 4 is 5.91 Å². The van der Waals surface area contributed by atoms with Crippen molar-refractivity contribution in [1.82, 2.24) is 14.8 Å². The summed E-state index contributed by atoms with van der Waals surface area (Å²) in [7, 11) is 2.12. The van der Waals surface area contributed by atoms with Crippen LogP contribution in [-0.2, 0) is 17.8 Å². The molecule has 0 N–H and O–H groups in total. The molecule has 126 valence electrons. The monoisotopic (exact) mass is 323 g/mol. The predicted octanol–water partition coefficient (Wildman–Crippen LogP) is 2.75. The lowest BCUT2D eigenvalue weighted by atomic mass is 10.0. The fourth-order valence-corrected chi connectivity index (χ4v) is 3.09. The van der Waals surface area contributed by atoms with E-state index in [1.54, 1.807) is 6.20 Å². The number of hydrogen-bond acceptors (Lipinski definition) is 3. The molecular formula is C20H25N3O. The van der Waals surface area contributed by atoms with Gasteiger partial charge < -0.3 is 4.90 Å². The molecule has 3 rings (SSSR count). The van der Waals surface area contributed by atoms with E-state index in [9.17, 15) is 4.79 Å². The predicted molar refractivity (Wildman–Crippen MR) is 95.5 cm³/mol. The molecule has 0 spiro atoms. The number of pyridine rings is 1. The first-order valence-electron chi connectivity index (χ1n) is 8.63. The van der Waals surface area contributed by atoms with Gasteiger partial charge in [0.15, 0.2) is 0 Å². The third-order valence-corrected chi connectivity index (χ3v) is 4.69. The zero-order valence-corrected chi connectivity index (χ0v) is 14.3. The highest BCUT2D eigenvalue weighted by atomic mass is 16.2. The molecule has 0 unspecified atom stereocenters. The van der Waals surface area contributed by atoms with Gasteiger partial charge in [-0.15, -0.1) is 0 Å². The molecule has 2 aromatic rings. The summed E-state index contributed by atoms with van der Waals surface area (Å²) in [6.07, 6.45) is 6.25. The first-order chi connectivity index (χ1) is 11.7. The Morgan fingerprint density at radius 1 is 1.17 bits per heavy atom. The first-order valence-corrected chi connectivity index (χ1v) is 8.63. The van der Waals surface area contributed by atoms with Gasteiger partial charge in [-0.25, -0.2) is 0 Å². The van der Waals surface area contributed by atoms with Crippen molar-refractivity contribution in [3.05, 3.63) is 66.0 Å². The molecule has 0 saturated carbocycles. The maximum absolute atomic E-state index is 12.2. The van der Waals surface area contributed by atoms with Crippen LogP contribution in [0.5, 0.6) is 0 Å². The highest BCUT2D eigenvalue weighted by Gasteiger charge is 2.32. The lowest BCUT2D eigenvalue weighted by Gasteiger charge is -2.44. The van der Waals surface area contributed by atoms with Crippen molar-refractivity contribution in [2.24, 2.45) is 0 Å². The van der Waals surface area contributed by atoms with E-state index in [-0.39, 0.29) is 5.91 Å². The van der Waals surface area contributed by atoms with Crippen LogP contribution >= 0.6 is 0 Å². The molecule has 1 aliphatic rings. The van der Waals surface area contributed by atoms with Crippen LogP contribution in [0.15, 0.2) is 54.9 Å². The molecule has 1 saturated heterocycles. The Morgan fingerprint density at radius 2 is 1.92 bits per heavy atom. The lowest BCUT2D eigenvalue weighted by Crippen LogP contribution is -2.59. The molecule has 1 amide bonds. The first kappa shape index (κ1) is 16.7. The summed E-state index contributed by atoms with van der Waals surface area (Å²) >= 11 is 0. The number of carbonyl (C=O) groups is 1. The third kappa shape index (κ3) is 4.42. The van der Waals surface area contributed by atoms with Crippen LogP contribution in [0.2, 0.25) is 0 Å². The molecule has 1 fully saturated rings. The maximum atomic E-state index is 12.2. The summed E-state index contributed by atoms with van der Waals surface area (Å²) < 4.78 is 0. The molecule has 0 atom stereocenters. The SMILES string of the molecule is CN(Cc1cccnc1)C1CN(C(=O)CCCc2ccccc2)C1. The molecule has 2 heterocycles. The van der Waals surface area contributed by atoms with Crippen LogP contribution in [-0.4, -0.2) is 46.9 Å². The van der Waals surface area contributed by atoms with Crippen LogP contribution in [0.1, 0.15) is 24.0 Å². The molecule has 4 nitrogen and oxygen atoms in total. The molecule has 0 aliphatic carbocycles. The van der Waals surface area contributed by atoms with Crippen LogP contribution < -0.4 is 0 Å². The van der Waals surface area contributed by atoms with E-state index >= 15 is 0 Å². The van der Waals surface area contributed by atoms with Gasteiger partial charge in [0.05, 0.1) is 0 Å². The average molecular weight is 323 g/mol. The van der Waals surface area contributed by atoms with E-state index < -0.39 is 0 Å². The summed E-state index contributed by atoms with van der Waals surface area (Å²) in [5.74, 6) is 0.289. The van der Waals surface area contributed by atoms with Gasteiger partial charge in [-0.1, -0.05) is 36.4 Å². The average Bonchev–Trinajstić information content (AvgIpc) is 2.55. The van der Waals surface area contributed by atoms with E-state index in [1.807, 2.05) is 23.2 Å². The van der Waals surface area contributed by atoms with E-state index in [4.69, 9.17) is 0 Å². The molecule has 1 aromatic heterocycles. The van der Waals surface area contributed by atoms with E-state index in [1.165, 1.54) is 11.1 Å². The van der Waals surface area contributed by atoms with Crippen molar-refractivity contribution in [2.75, 3.05) is 20.1 Å². The van der Waals surface area contributed by atoms with E-state index in [2.05, 4.69) is 47.3 Å². The number of likely N-dealkylation sites (tertiary alicyclic amines) is 1. The van der Waals surface area contributed by atoms with Gasteiger partial charge in [-0.2, -0.15) is 0 Å². The van der Waals surface area contributed by atoms with Crippen molar-refractivity contribution in [1.29, 1.82) is 0 Å². The van der Waals surface area contributed by atoms with Crippen molar-refractivity contribution in [2.45, 2.75) is 31.8 Å². The Hall–Kier alpha value is -2.20. The van der Waals surface area contributed by atoms with Gasteiger partial charge in [0, 0.05) is 44.5 Å². The number of amides is 1. The number of nitrogens with zero attached hydrogens (tertiary/aromatic N) is 3. The Morgan fingerprint density at radius 3 is 2.62 bits per heavy atom. The summed E-state index contributed by atoms with van der Waals surface area (Å²) in [4.78, 5) is 20.7. The second kappa shape index (κ2) is 8.06. The number of hydrogen-bond donors (Lipinski definition) is 0. The maximum Gasteiger partial charge on any atom is 0.222 e. The van der Waals surface area contributed by atoms with Gasteiger partial charge in [-0.3, -0.25) is 14.7 Å². The Bertz CT molecular complexity index is 638. The smallest absolute Gasteiger partial charge is 0.222 e. The number of rotatable bonds is 7. The summed E-state index contributed by atoms with van der Waals surface area (Å²) in [6, 6.07) is 14.9. The summed E-state index contributed by atoms with van der Waals surface area (Å²) in [5, 5.41) is 0. The molecule has 0 radical (unpaired) electrons. The number of carbonyl (C=O) groups excluding carboxylic acids is 1. The van der Waals surface area contributed by atoms with Gasteiger partial charge in [-0.05, 0) is 37.1 Å². The summed E-state index contributed by atoms with van der Waals surface area (Å²) in [6.45, 7) is 2.58. The van der Waals surface area contributed by atoms with Crippen LogP contribution in [0, 0.1) is 0 Å². The fourth-order valence-electron chi connectivity index (χ4n) is 3.09. The zero-order chi connectivity index (χ0) is 16.8. The lowest BCUT2D eigenvalue weighted by molar-refractivity contribution is -0.138. The molecule has 24 heavy (non-hydrogen) atoms. The van der Waals surface area contributed by atoms with Gasteiger partial charge in [0.1, 0.15) is 0 Å². The third-order valence-electron chi connectivity index (χ3n) is 4.69. The highest BCUT2D eigenvalue weighted by molar-refractivity contribution is 5.77. The molecule has 4 heteroatoms. The van der Waals surface area contributed by atoms with Crippen LogP contribution in [0.4, 0.5) is 0 Å². The van der Waals surface area contributed by atoms with Crippen LogP contribution in [0.25, 0.3) is 0 Å². The number of aryl methyl sites for hydroxylation is 1. The van der Waals surface area contributed by atoms with Gasteiger partial charge in [0.25, 0.3) is 0 Å². The second-order valence-corrected chi connectivity index (χ2v) is 6.57. The number of likely N-dealkylation sites (N-methyl/N-ethyl adjacent to an activating group) is 1. The zero-order valence-electron chi connectivity index (χ0n) is 14.3. The van der Waals surface area contributed by atoms with Gasteiger partial charge >= 0.3 is 0 Å². The molecular weight excluding hydrogens is 298 g/mol. The topological polar surface area (TPSA) is 36.4 Å². The largest absolute Gasteiger partial charge is 0.339 e. The fraction of sp³-hybridized carbons (Fsp3) is 0.400. The Kier molecular flexibility index (Phi) is 5.59. The minimum Gasteiger partial charge on any atom is -0.339 e. The van der Waals surface area contributed by atoms with Crippen molar-refractivity contribution < 1.29 is 4.79 Å². The molecule has 1 aliphatic heterocycles. The van der Waals surface area contributed by atoms with Crippen LogP contribution in [0.3, 0.4) is 0 Å². The Labute approximate surface area is 144 Å². The molecule has 0 bridgehead atoms. The normalized spacial score (nSPS) is 14.7. The van der Waals surface area contributed by atoms with E-state index in [0.717, 1.165) is 32.5 Å². The molecule has 1 aromatic carbocycles. The number of benzene rings is 1. The van der Waals surface area contributed by atoms with Crippen molar-refractivity contribution in [3.63, 3.8) is 0 Å². The van der Waals surface area contributed by atoms with Gasteiger partial charge in [0.2, 0.25) is 5.91 Å². The minimum atomic E-state index is 0.289. The quantitative estimate of drug-likeness (QED) is 0.786. The van der Waals surface area contributed by atoms with E-state index in [0.29, 0.717) is 12.5 Å². The highest BCUT2D eigenvalue weighted by Crippen LogP contribution is 2.18. The van der Waals surface area contributed by atoms with Crippen molar-refractivity contribution in [3.8, 4) is 0 Å². The number of aromatic nitrogens is 1. The second-order valence-electron chi connectivity index (χ2n) is 6.57.